The molecule has 0 atom stereocenters. The number of hydrogen-bond donors (Lipinski definition) is 0. The van der Waals surface area contributed by atoms with E-state index in [4.69, 9.17) is 2.74 Å². The Morgan fingerprint density at radius 3 is 0.897 bits per heavy atom. The van der Waals surface area contributed by atoms with Gasteiger partial charge >= 0.3 is 0 Å². The molecule has 2 aliphatic rings. The smallest absolute Gasteiger partial charge is 0.252 e. The highest BCUT2D eigenvalue weighted by Crippen LogP contribution is 2.56. The summed E-state index contributed by atoms with van der Waals surface area (Å²) in [4.78, 5) is 4.78. The van der Waals surface area contributed by atoms with Crippen LogP contribution in [0.1, 0.15) is 98.2 Å². The van der Waals surface area contributed by atoms with E-state index in [0.29, 0.717) is 33.9 Å². The molecule has 0 spiro atoms. The lowest BCUT2D eigenvalue weighted by atomic mass is 9.33. The highest BCUT2D eigenvalue weighted by atomic mass is 15.2. The summed E-state index contributed by atoms with van der Waals surface area (Å²) in [6, 6.07) is 80.9. The molecule has 2 aliphatic heterocycles. The Labute approximate surface area is 648 Å². The average molecular weight is 1390 g/mol. The molecule has 5 heteroatoms. The third-order valence-electron chi connectivity index (χ3n) is 21.6. The number of anilines is 6. The van der Waals surface area contributed by atoms with E-state index in [1.54, 1.807) is 9.13 Å². The predicted molar refractivity (Wildman–Crippen MR) is 458 cm³/mol. The van der Waals surface area contributed by atoms with E-state index in [2.05, 4.69) is 200 Å². The maximum atomic E-state index is 10.5. The molecule has 0 saturated heterocycles. The maximum Gasteiger partial charge on any atom is 0.252 e. The minimum Gasteiger partial charge on any atom is -0.310 e. The van der Waals surface area contributed by atoms with E-state index < -0.39 is 71.3 Å². The third kappa shape index (κ3) is 11.0. The largest absolute Gasteiger partial charge is 0.310 e. The van der Waals surface area contributed by atoms with E-state index in [-0.39, 0.29) is 91.0 Å². The van der Waals surface area contributed by atoms with Crippen molar-refractivity contribution in [2.75, 3.05) is 9.80 Å². The summed E-state index contributed by atoms with van der Waals surface area (Å²) in [5.41, 5.74) is 18.3. The van der Waals surface area contributed by atoms with E-state index in [9.17, 15) is 16.4 Å². The minimum atomic E-state index is -0.728. The fourth-order valence-electron chi connectivity index (χ4n) is 16.2. The van der Waals surface area contributed by atoms with Crippen LogP contribution in [0.15, 0.2) is 339 Å². The molecule has 2 aromatic heterocycles. The van der Waals surface area contributed by atoms with Gasteiger partial charge in [0.05, 0.1) is 52.6 Å². The van der Waals surface area contributed by atoms with E-state index >= 15 is 0 Å². The van der Waals surface area contributed by atoms with Crippen molar-refractivity contribution in [1.82, 2.24) is 9.13 Å². The predicted octanol–water partition coefficient (Wildman–Crippen LogP) is 25.9. The monoisotopic (exact) mass is 1390 g/mol. The summed E-state index contributed by atoms with van der Waals surface area (Å²) >= 11 is 0. The van der Waals surface area contributed by atoms with Gasteiger partial charge < -0.3 is 18.9 Å². The molecule has 4 heterocycles. The second-order valence-electron chi connectivity index (χ2n) is 31.4. The summed E-state index contributed by atoms with van der Waals surface area (Å²) in [5, 5.41) is 0.268. The topological polar surface area (TPSA) is 16.3 Å². The number of nitrogens with zero attached hydrogens (tertiary/aromatic N) is 4. The molecule has 0 radical (unpaired) electrons. The van der Waals surface area contributed by atoms with Crippen molar-refractivity contribution in [2.45, 2.75) is 78.6 Å². The SMILES string of the molecule is [2H]c1c([2H])c([2H])c2c(c1[2H])c1c([2H])c([2H])c([2H])c([2H])c1n2-c1ccc2c(c1)N(c1c(-c3ccccc3)cc(C(C)(C)C)cc1-c1ccccc1)c1cc(C(C)(C)C)cc3c1B2c1ccc(-n2c4c([2H])c([2H])c(-c5ccccc5)c([2H])c4c4c([2H])c(-c5ccccc5)c([2H])c([2H])c42)cc1N3c1c(-c2ccccc2)cc(C(C)(C)C)cc1-c1ccccc1. The van der Waals surface area contributed by atoms with Gasteiger partial charge in [-0.1, -0.05) is 305 Å². The number of hydrogen-bond acceptors (Lipinski definition) is 2. The Morgan fingerprint density at radius 1 is 0.271 bits per heavy atom. The third-order valence-corrected chi connectivity index (χ3v) is 21.6. The Kier molecular flexibility index (Phi) is 12.1. The second kappa shape index (κ2) is 25.1. The maximum absolute atomic E-state index is 10.5. The number of benzene rings is 15. The molecular formula is C102H83BN4. The van der Waals surface area contributed by atoms with Crippen molar-refractivity contribution in [3.8, 4) is 78.1 Å². The van der Waals surface area contributed by atoms with Crippen molar-refractivity contribution in [2.24, 2.45) is 0 Å². The zero-order valence-electron chi connectivity index (χ0n) is 75.1. The van der Waals surface area contributed by atoms with Gasteiger partial charge in [0.2, 0.25) is 0 Å². The van der Waals surface area contributed by atoms with Gasteiger partial charge in [-0.3, -0.25) is 0 Å². The highest BCUT2D eigenvalue weighted by Gasteiger charge is 2.47. The van der Waals surface area contributed by atoms with Gasteiger partial charge in [-0.25, -0.2) is 0 Å². The van der Waals surface area contributed by atoms with Crippen LogP contribution in [0.3, 0.4) is 0 Å². The molecule has 0 saturated carbocycles. The van der Waals surface area contributed by atoms with Gasteiger partial charge in [0.1, 0.15) is 0 Å². The Balaban J connectivity index is 1.03. The van der Waals surface area contributed by atoms with Crippen molar-refractivity contribution in [3.63, 3.8) is 0 Å². The molecule has 0 bridgehead atoms. The van der Waals surface area contributed by atoms with Gasteiger partial charge in [-0.05, 0) is 191 Å². The molecule has 19 rings (SSSR count). The Morgan fingerprint density at radius 2 is 0.570 bits per heavy atom. The number of fused-ring (bicyclic) bond motifs is 10. The van der Waals surface area contributed by atoms with E-state index in [0.717, 1.165) is 100 Å². The second-order valence-corrected chi connectivity index (χ2v) is 31.4. The minimum absolute atomic E-state index is 0.0286. The molecule has 0 amide bonds. The van der Waals surface area contributed by atoms with Crippen molar-refractivity contribution < 1.29 is 19.2 Å². The van der Waals surface area contributed by atoms with E-state index in [1.807, 2.05) is 127 Å². The van der Waals surface area contributed by atoms with Gasteiger partial charge in [-0.15, -0.1) is 0 Å². The van der Waals surface area contributed by atoms with Crippen LogP contribution in [0, 0.1) is 0 Å². The van der Waals surface area contributed by atoms with Gasteiger partial charge in [0.25, 0.3) is 6.71 Å². The van der Waals surface area contributed by atoms with Crippen molar-refractivity contribution in [3.05, 3.63) is 356 Å². The molecule has 4 nitrogen and oxygen atoms in total. The van der Waals surface area contributed by atoms with Crippen LogP contribution in [-0.2, 0) is 16.2 Å². The van der Waals surface area contributed by atoms with E-state index in [1.165, 1.54) is 0 Å². The van der Waals surface area contributed by atoms with Crippen LogP contribution in [0.5, 0.6) is 0 Å². The Bertz CT molecular complexity index is 6910. The first-order valence-corrected chi connectivity index (χ1v) is 36.7. The van der Waals surface area contributed by atoms with Crippen LogP contribution in [0.4, 0.5) is 34.1 Å². The first-order valence-electron chi connectivity index (χ1n) is 43.7. The zero-order valence-corrected chi connectivity index (χ0v) is 61.1. The molecule has 17 aromatic rings. The molecular weight excluding hydrogens is 1290 g/mol. The van der Waals surface area contributed by atoms with Crippen molar-refractivity contribution >= 4 is 101 Å². The zero-order chi connectivity index (χ0) is 84.8. The van der Waals surface area contributed by atoms with Gasteiger partial charge in [-0.2, -0.15) is 0 Å². The normalized spacial score (nSPS) is 14.7. The van der Waals surface area contributed by atoms with Crippen LogP contribution in [-0.4, -0.2) is 15.8 Å². The number of para-hydroxylation sites is 2. The lowest BCUT2D eigenvalue weighted by Gasteiger charge is -2.47. The summed E-state index contributed by atoms with van der Waals surface area (Å²) < 4.78 is 142. The average Bonchev–Trinajstić information content (AvgIpc) is 1.28. The summed E-state index contributed by atoms with van der Waals surface area (Å²) in [6.07, 6.45) is 0. The first kappa shape index (κ1) is 51.7. The van der Waals surface area contributed by atoms with Crippen LogP contribution in [0.2, 0.25) is 0 Å². The summed E-state index contributed by atoms with van der Waals surface area (Å²) in [7, 11) is 0. The summed E-state index contributed by atoms with van der Waals surface area (Å²) in [5.74, 6) is 0. The molecule has 0 aliphatic carbocycles. The number of aromatic nitrogens is 2. The number of rotatable bonds is 10. The van der Waals surface area contributed by atoms with Gasteiger partial charge in [0, 0.05) is 77.9 Å². The molecule has 0 N–H and O–H groups in total. The van der Waals surface area contributed by atoms with Crippen molar-refractivity contribution in [1.29, 1.82) is 0 Å². The fraction of sp³-hybridized carbons (Fsp3) is 0.118. The molecule has 0 fully saturated rings. The highest BCUT2D eigenvalue weighted by molar-refractivity contribution is 7.00. The van der Waals surface area contributed by atoms with Crippen LogP contribution < -0.4 is 26.2 Å². The molecule has 0 unspecified atom stereocenters. The molecule has 107 heavy (non-hydrogen) atoms. The summed E-state index contributed by atoms with van der Waals surface area (Å²) in [6.45, 7) is 19.2. The Hall–Kier alpha value is -12.4. The van der Waals surface area contributed by atoms with Crippen LogP contribution >= 0.6 is 0 Å². The molecule has 15 aromatic carbocycles. The quantitative estimate of drug-likeness (QED) is 0.127. The van der Waals surface area contributed by atoms with Crippen LogP contribution in [0.25, 0.3) is 122 Å². The standard InChI is InChI=1S/C102H83BN4/c1-100(2,3)74-58-81(68-36-20-12-21-37-68)98(82(59-74)69-38-22-13-23-39-69)106-93-64-77(104-89-46-30-28-44-79(89)80-45-29-31-47-90(80)104)50-52-87(93)103-88-53-51-78(105-91-54-48-72(66-32-16-10-17-33-66)56-85(91)86-57-73(49-55-92(86)105)67-34-18-11-19-35-67)65-94(88)107(96-63-76(102(7,8)9)62-95(106)97(96)103)99-83(70-40-24-14-25-41-70)60-75(101(4,5)6)61-84(99)71-42-26-15-27-43-71/h10-65H,1-9H3/i28D,29D,30D,31D,44D,45D,46D,47D,48D,49D,54D,55D,56D,57D. The first-order chi connectivity index (χ1) is 57.8. The lowest BCUT2D eigenvalue weighted by molar-refractivity contribution is 0.590. The fourth-order valence-corrected chi connectivity index (χ4v) is 16.2. The molecule has 514 valence electrons. The van der Waals surface area contributed by atoms with Gasteiger partial charge in [0.15, 0.2) is 0 Å². The lowest BCUT2D eigenvalue weighted by Crippen LogP contribution is -2.61.